The van der Waals surface area contributed by atoms with Crippen molar-refractivity contribution in [1.82, 2.24) is 30.4 Å². The van der Waals surface area contributed by atoms with Gasteiger partial charge in [-0.25, -0.2) is 9.97 Å². The number of H-pyrrole nitrogens is 1. The van der Waals surface area contributed by atoms with Gasteiger partial charge in [0.2, 0.25) is 0 Å². The Labute approximate surface area is 187 Å². The van der Waals surface area contributed by atoms with Crippen LogP contribution in [0.5, 0.6) is 0 Å². The second-order valence-electron chi connectivity index (χ2n) is 8.83. The summed E-state index contributed by atoms with van der Waals surface area (Å²) in [6, 6.07) is 7.79. The number of carbonyl (C=O) groups excluding carboxylic acids is 1. The zero-order chi connectivity index (χ0) is 22.2. The fourth-order valence-electron chi connectivity index (χ4n) is 4.66. The molecule has 1 aliphatic rings. The normalized spacial score (nSPS) is 13.6. The van der Waals surface area contributed by atoms with Crippen molar-refractivity contribution in [2.24, 2.45) is 0 Å². The molecule has 7 nitrogen and oxygen atoms in total. The summed E-state index contributed by atoms with van der Waals surface area (Å²) < 4.78 is 0. The van der Waals surface area contributed by atoms with Crippen LogP contribution in [0, 0.1) is 6.92 Å². The Balaban J connectivity index is 1.55. The number of hydrogen-bond acceptors (Lipinski definition) is 5. The molecular formula is C25H28N6O. The zero-order valence-electron chi connectivity index (χ0n) is 18.8. The molecule has 5 rings (SSSR count). The van der Waals surface area contributed by atoms with Gasteiger partial charge in [0.15, 0.2) is 5.65 Å². The highest BCUT2D eigenvalue weighted by Crippen LogP contribution is 2.37. The molecule has 0 saturated heterocycles. The van der Waals surface area contributed by atoms with E-state index in [9.17, 15) is 4.79 Å². The average Bonchev–Trinajstić information content (AvgIpc) is 3.19. The van der Waals surface area contributed by atoms with Gasteiger partial charge in [0.25, 0.3) is 5.91 Å². The van der Waals surface area contributed by atoms with Crippen LogP contribution in [-0.2, 0) is 12.8 Å². The molecule has 0 unspecified atom stereocenters. The molecule has 0 radical (unpaired) electrons. The minimum atomic E-state index is -0.0496. The van der Waals surface area contributed by atoms with E-state index in [1.807, 2.05) is 43.3 Å². The van der Waals surface area contributed by atoms with Crippen molar-refractivity contribution in [2.75, 3.05) is 27.2 Å². The molecule has 164 valence electrons. The van der Waals surface area contributed by atoms with E-state index in [2.05, 4.69) is 27.4 Å². The van der Waals surface area contributed by atoms with Crippen LogP contribution in [0.1, 0.15) is 40.0 Å². The molecule has 1 amide bonds. The van der Waals surface area contributed by atoms with Crippen molar-refractivity contribution in [3.8, 4) is 11.3 Å². The van der Waals surface area contributed by atoms with Gasteiger partial charge in [-0.3, -0.25) is 9.89 Å². The molecular weight excluding hydrogens is 400 g/mol. The number of amides is 1. The number of pyridine rings is 2. The number of nitrogens with one attached hydrogen (secondary N) is 2. The summed E-state index contributed by atoms with van der Waals surface area (Å²) in [6.45, 7) is 3.49. The summed E-state index contributed by atoms with van der Waals surface area (Å²) in [5.41, 5.74) is 8.05. The van der Waals surface area contributed by atoms with E-state index in [1.54, 1.807) is 6.20 Å². The molecule has 7 heteroatoms. The monoisotopic (exact) mass is 428 g/mol. The van der Waals surface area contributed by atoms with Crippen LogP contribution in [0.3, 0.4) is 0 Å². The quantitative estimate of drug-likeness (QED) is 0.507. The maximum atomic E-state index is 12.4. The van der Waals surface area contributed by atoms with Gasteiger partial charge in [-0.1, -0.05) is 12.1 Å². The lowest BCUT2D eigenvalue weighted by Gasteiger charge is -2.21. The van der Waals surface area contributed by atoms with Crippen LogP contribution < -0.4 is 5.32 Å². The molecule has 4 aromatic rings. The zero-order valence-corrected chi connectivity index (χ0v) is 18.8. The Bertz CT molecular complexity index is 1310. The smallest absolute Gasteiger partial charge is 0.251 e. The largest absolute Gasteiger partial charge is 0.351 e. The maximum absolute atomic E-state index is 12.4. The van der Waals surface area contributed by atoms with Gasteiger partial charge in [0.05, 0.1) is 11.9 Å². The molecule has 3 aromatic heterocycles. The number of aryl methyl sites for hydroxylation is 2. The molecule has 0 bridgehead atoms. The Morgan fingerprint density at radius 1 is 1.09 bits per heavy atom. The van der Waals surface area contributed by atoms with Crippen molar-refractivity contribution in [3.05, 3.63) is 52.8 Å². The summed E-state index contributed by atoms with van der Waals surface area (Å²) in [4.78, 5) is 24.2. The van der Waals surface area contributed by atoms with Gasteiger partial charge in [-0.05, 0) is 70.0 Å². The van der Waals surface area contributed by atoms with Crippen LogP contribution in [0.4, 0.5) is 0 Å². The van der Waals surface area contributed by atoms with E-state index < -0.39 is 0 Å². The van der Waals surface area contributed by atoms with Gasteiger partial charge < -0.3 is 10.2 Å². The Hall–Kier alpha value is -3.32. The van der Waals surface area contributed by atoms with Crippen molar-refractivity contribution in [1.29, 1.82) is 0 Å². The molecule has 1 aromatic carbocycles. The van der Waals surface area contributed by atoms with E-state index in [4.69, 9.17) is 4.98 Å². The minimum absolute atomic E-state index is 0.0496. The first-order chi connectivity index (χ1) is 15.5. The van der Waals surface area contributed by atoms with Crippen molar-refractivity contribution >= 4 is 27.8 Å². The number of hydrogen-bond donors (Lipinski definition) is 2. The van der Waals surface area contributed by atoms with E-state index in [0.717, 1.165) is 64.7 Å². The van der Waals surface area contributed by atoms with Crippen molar-refractivity contribution in [3.63, 3.8) is 0 Å². The SMILES string of the molecule is Cc1[nH]nc2cnc3nc(-c4ccc(C(=O)NCCN(C)C)cc4)c4c(c3c12)CCCC4. The third kappa shape index (κ3) is 3.62. The molecule has 1 aliphatic carbocycles. The van der Waals surface area contributed by atoms with Gasteiger partial charge in [-0.2, -0.15) is 5.10 Å². The summed E-state index contributed by atoms with van der Waals surface area (Å²) in [5, 5.41) is 12.7. The third-order valence-electron chi connectivity index (χ3n) is 6.30. The fourth-order valence-corrected chi connectivity index (χ4v) is 4.66. The van der Waals surface area contributed by atoms with E-state index in [0.29, 0.717) is 12.1 Å². The lowest BCUT2D eigenvalue weighted by atomic mass is 9.86. The summed E-state index contributed by atoms with van der Waals surface area (Å²) in [7, 11) is 3.98. The molecule has 0 atom stereocenters. The summed E-state index contributed by atoms with van der Waals surface area (Å²) in [6.07, 6.45) is 6.17. The second-order valence-corrected chi connectivity index (χ2v) is 8.83. The fraction of sp³-hybridized carbons (Fsp3) is 0.360. The molecule has 2 N–H and O–H groups in total. The van der Waals surface area contributed by atoms with Crippen molar-refractivity contribution < 1.29 is 4.79 Å². The number of aromatic nitrogens is 4. The number of fused-ring (bicyclic) bond motifs is 5. The lowest BCUT2D eigenvalue weighted by Crippen LogP contribution is -2.31. The van der Waals surface area contributed by atoms with Crippen LogP contribution in [-0.4, -0.2) is 58.2 Å². The van der Waals surface area contributed by atoms with Gasteiger partial charge in [0, 0.05) is 40.7 Å². The predicted octanol–water partition coefficient (Wildman–Crippen LogP) is 3.65. The second kappa shape index (κ2) is 8.31. The minimum Gasteiger partial charge on any atom is -0.351 e. The van der Waals surface area contributed by atoms with E-state index >= 15 is 0 Å². The number of nitrogens with zero attached hydrogens (tertiary/aromatic N) is 4. The first kappa shape index (κ1) is 20.6. The summed E-state index contributed by atoms with van der Waals surface area (Å²) >= 11 is 0. The maximum Gasteiger partial charge on any atom is 0.251 e. The average molecular weight is 429 g/mol. The van der Waals surface area contributed by atoms with Crippen LogP contribution in [0.25, 0.3) is 33.2 Å². The van der Waals surface area contributed by atoms with Crippen molar-refractivity contribution in [2.45, 2.75) is 32.6 Å². The third-order valence-corrected chi connectivity index (χ3v) is 6.30. The molecule has 0 fully saturated rings. The predicted molar refractivity (Wildman–Crippen MR) is 127 cm³/mol. The van der Waals surface area contributed by atoms with E-state index in [-0.39, 0.29) is 5.91 Å². The summed E-state index contributed by atoms with van der Waals surface area (Å²) in [5.74, 6) is -0.0496. The Morgan fingerprint density at radius 2 is 1.84 bits per heavy atom. The van der Waals surface area contributed by atoms with Gasteiger partial charge >= 0.3 is 0 Å². The number of rotatable bonds is 5. The van der Waals surface area contributed by atoms with Crippen LogP contribution in [0.2, 0.25) is 0 Å². The highest BCUT2D eigenvalue weighted by molar-refractivity contribution is 6.07. The standard InChI is InChI=1S/C25H28N6O/c1-15-21-20(30-29-15)14-27-24-22(21)18-6-4-5-7-19(18)23(28-24)16-8-10-17(11-9-16)25(32)26-12-13-31(2)3/h8-11,14H,4-7,12-13H2,1-3H3,(H,26,32)(H,29,30). The van der Waals surface area contributed by atoms with Crippen LogP contribution >= 0.6 is 0 Å². The van der Waals surface area contributed by atoms with Crippen LogP contribution in [0.15, 0.2) is 30.5 Å². The molecule has 0 saturated carbocycles. The number of aromatic amines is 1. The number of carbonyl (C=O) groups is 1. The molecule has 3 heterocycles. The lowest BCUT2D eigenvalue weighted by molar-refractivity contribution is 0.0951. The number of likely N-dealkylation sites (N-methyl/N-ethyl adjacent to an activating group) is 1. The number of benzene rings is 1. The molecule has 0 spiro atoms. The Kier molecular flexibility index (Phi) is 5.35. The molecule has 0 aliphatic heterocycles. The van der Waals surface area contributed by atoms with E-state index in [1.165, 1.54) is 17.5 Å². The first-order valence-corrected chi connectivity index (χ1v) is 11.2. The highest BCUT2D eigenvalue weighted by Gasteiger charge is 2.22. The van der Waals surface area contributed by atoms with Gasteiger partial charge in [-0.15, -0.1) is 0 Å². The highest BCUT2D eigenvalue weighted by atomic mass is 16.1. The Morgan fingerprint density at radius 3 is 2.59 bits per heavy atom. The topological polar surface area (TPSA) is 86.8 Å². The first-order valence-electron chi connectivity index (χ1n) is 11.2. The van der Waals surface area contributed by atoms with Gasteiger partial charge in [0.1, 0.15) is 5.52 Å². The molecule has 32 heavy (non-hydrogen) atoms.